The van der Waals surface area contributed by atoms with Gasteiger partial charge in [0.05, 0.1) is 18.8 Å². The highest BCUT2D eigenvalue weighted by Crippen LogP contribution is 2.19. The molecule has 1 aliphatic heterocycles. The molecule has 1 heterocycles. The zero-order valence-corrected chi connectivity index (χ0v) is 9.72. The Hall–Kier alpha value is -0.200. The lowest BCUT2D eigenvalue weighted by Crippen LogP contribution is -2.48. The van der Waals surface area contributed by atoms with Gasteiger partial charge < -0.3 is 20.3 Å². The molecule has 0 radical (unpaired) electrons. The van der Waals surface area contributed by atoms with Crippen LogP contribution < -0.4 is 5.73 Å². The van der Waals surface area contributed by atoms with Crippen LogP contribution in [0.1, 0.15) is 6.92 Å². The maximum atomic E-state index is 9.27. The normalized spacial score (nSPS) is 31.8. The second-order valence-electron chi connectivity index (χ2n) is 4.11. The first-order chi connectivity index (χ1) is 7.13. The maximum Gasteiger partial charge on any atom is 0.0971 e. The molecule has 0 amide bonds. The smallest absolute Gasteiger partial charge is 0.0971 e. The van der Waals surface area contributed by atoms with E-state index in [2.05, 4.69) is 4.90 Å². The Morgan fingerprint density at radius 3 is 2.07 bits per heavy atom. The van der Waals surface area contributed by atoms with Crippen molar-refractivity contribution in [1.82, 2.24) is 4.90 Å². The van der Waals surface area contributed by atoms with Gasteiger partial charge in [0.25, 0.3) is 0 Å². The molecule has 3 N–H and O–H groups in total. The van der Waals surface area contributed by atoms with Crippen LogP contribution in [-0.4, -0.2) is 68.2 Å². The third kappa shape index (κ3) is 2.89. The molecule has 1 fully saturated rings. The number of aliphatic hydroxyl groups is 1. The predicted molar refractivity (Wildman–Crippen MR) is 57.7 cm³/mol. The molecule has 5 nitrogen and oxygen atoms in total. The van der Waals surface area contributed by atoms with Crippen LogP contribution in [-0.2, 0) is 9.47 Å². The van der Waals surface area contributed by atoms with Crippen molar-refractivity contribution in [1.29, 1.82) is 0 Å². The van der Waals surface area contributed by atoms with E-state index >= 15 is 0 Å². The number of nitrogens with two attached hydrogens (primary N) is 1. The third-order valence-electron chi connectivity index (χ3n) is 3.11. The largest absolute Gasteiger partial charge is 0.395 e. The van der Waals surface area contributed by atoms with E-state index in [-0.39, 0.29) is 30.9 Å². The molecule has 0 bridgehead atoms. The SMILES string of the molecule is COC1CN(C(CO)C(C)N)CC1OC. The van der Waals surface area contributed by atoms with E-state index in [1.165, 1.54) is 0 Å². The Morgan fingerprint density at radius 2 is 1.80 bits per heavy atom. The van der Waals surface area contributed by atoms with E-state index < -0.39 is 0 Å². The molecule has 0 spiro atoms. The summed E-state index contributed by atoms with van der Waals surface area (Å²) in [5.41, 5.74) is 5.82. The van der Waals surface area contributed by atoms with E-state index in [9.17, 15) is 5.11 Å². The van der Waals surface area contributed by atoms with E-state index in [1.54, 1.807) is 14.2 Å². The van der Waals surface area contributed by atoms with E-state index in [0.29, 0.717) is 0 Å². The predicted octanol–water partition coefficient (Wildman–Crippen LogP) is -0.960. The van der Waals surface area contributed by atoms with Gasteiger partial charge in [-0.15, -0.1) is 0 Å². The Labute approximate surface area is 91.1 Å². The Morgan fingerprint density at radius 1 is 1.33 bits per heavy atom. The highest BCUT2D eigenvalue weighted by molar-refractivity contribution is 4.91. The quantitative estimate of drug-likeness (QED) is 0.622. The molecule has 1 rings (SSSR count). The van der Waals surface area contributed by atoms with Crippen molar-refractivity contribution in [2.75, 3.05) is 33.9 Å². The summed E-state index contributed by atoms with van der Waals surface area (Å²) >= 11 is 0. The molecule has 4 atom stereocenters. The van der Waals surface area contributed by atoms with Crippen LogP contribution in [0.2, 0.25) is 0 Å². The molecule has 0 aromatic carbocycles. The van der Waals surface area contributed by atoms with Gasteiger partial charge >= 0.3 is 0 Å². The number of hydrogen-bond acceptors (Lipinski definition) is 5. The number of likely N-dealkylation sites (tertiary alicyclic amines) is 1. The number of rotatable bonds is 5. The van der Waals surface area contributed by atoms with Gasteiger partial charge in [-0.25, -0.2) is 0 Å². The van der Waals surface area contributed by atoms with Crippen LogP contribution in [0, 0.1) is 0 Å². The second-order valence-corrected chi connectivity index (χ2v) is 4.11. The Kier molecular flexibility index (Phi) is 4.95. The summed E-state index contributed by atoms with van der Waals surface area (Å²) in [5.74, 6) is 0. The molecule has 0 aliphatic carbocycles. The molecule has 5 heteroatoms. The van der Waals surface area contributed by atoms with E-state index in [1.807, 2.05) is 6.92 Å². The molecule has 90 valence electrons. The number of nitrogens with zero attached hydrogens (tertiary/aromatic N) is 1. The molecular weight excluding hydrogens is 196 g/mol. The Bertz CT molecular complexity index is 178. The summed E-state index contributed by atoms with van der Waals surface area (Å²) in [6.45, 7) is 3.51. The van der Waals surface area contributed by atoms with Gasteiger partial charge in [0.2, 0.25) is 0 Å². The van der Waals surface area contributed by atoms with Crippen molar-refractivity contribution < 1.29 is 14.6 Å². The minimum absolute atomic E-state index is 0.0113. The number of ether oxygens (including phenoxy) is 2. The van der Waals surface area contributed by atoms with Crippen molar-refractivity contribution in [3.63, 3.8) is 0 Å². The van der Waals surface area contributed by atoms with Crippen LogP contribution in [0.3, 0.4) is 0 Å². The fourth-order valence-electron chi connectivity index (χ4n) is 2.11. The van der Waals surface area contributed by atoms with Gasteiger partial charge in [-0.2, -0.15) is 0 Å². The number of hydrogen-bond donors (Lipinski definition) is 2. The summed E-state index contributed by atoms with van der Waals surface area (Å²) in [7, 11) is 3.36. The summed E-state index contributed by atoms with van der Waals surface area (Å²) < 4.78 is 10.7. The first kappa shape index (κ1) is 12.9. The fraction of sp³-hybridized carbons (Fsp3) is 1.00. The lowest BCUT2D eigenvalue weighted by Gasteiger charge is -2.28. The van der Waals surface area contributed by atoms with Crippen molar-refractivity contribution in [3.05, 3.63) is 0 Å². The van der Waals surface area contributed by atoms with Crippen LogP contribution in [0.25, 0.3) is 0 Å². The summed E-state index contributed by atoms with van der Waals surface area (Å²) in [6, 6.07) is -0.0640. The monoisotopic (exact) mass is 218 g/mol. The molecule has 4 unspecified atom stereocenters. The minimum Gasteiger partial charge on any atom is -0.395 e. The van der Waals surface area contributed by atoms with Crippen LogP contribution in [0.15, 0.2) is 0 Å². The average molecular weight is 218 g/mol. The number of methoxy groups -OCH3 is 2. The summed E-state index contributed by atoms with van der Waals surface area (Å²) in [4.78, 5) is 2.13. The molecule has 15 heavy (non-hydrogen) atoms. The molecule has 1 aliphatic rings. The van der Waals surface area contributed by atoms with Gasteiger partial charge in [0, 0.05) is 39.4 Å². The van der Waals surface area contributed by atoms with Gasteiger partial charge in [-0.05, 0) is 6.92 Å². The zero-order valence-electron chi connectivity index (χ0n) is 9.72. The fourth-order valence-corrected chi connectivity index (χ4v) is 2.11. The van der Waals surface area contributed by atoms with Crippen molar-refractivity contribution in [3.8, 4) is 0 Å². The lowest BCUT2D eigenvalue weighted by molar-refractivity contribution is -0.00461. The van der Waals surface area contributed by atoms with Gasteiger partial charge in [-0.3, -0.25) is 4.90 Å². The Balaban J connectivity index is 2.58. The van der Waals surface area contributed by atoms with Gasteiger partial charge in [0.15, 0.2) is 0 Å². The van der Waals surface area contributed by atoms with Crippen molar-refractivity contribution in [2.45, 2.75) is 31.2 Å². The third-order valence-corrected chi connectivity index (χ3v) is 3.11. The highest BCUT2D eigenvalue weighted by atomic mass is 16.5. The first-order valence-electron chi connectivity index (χ1n) is 5.30. The average Bonchev–Trinajstić information content (AvgIpc) is 2.61. The van der Waals surface area contributed by atoms with Crippen molar-refractivity contribution >= 4 is 0 Å². The minimum atomic E-state index is -0.0527. The molecule has 0 aromatic heterocycles. The topological polar surface area (TPSA) is 68.0 Å². The highest BCUT2D eigenvalue weighted by Gasteiger charge is 2.37. The molecule has 0 saturated carbocycles. The summed E-state index contributed by atoms with van der Waals surface area (Å²) in [5, 5.41) is 9.27. The van der Waals surface area contributed by atoms with Gasteiger partial charge in [0.1, 0.15) is 0 Å². The number of aliphatic hydroxyl groups excluding tert-OH is 1. The van der Waals surface area contributed by atoms with Crippen molar-refractivity contribution in [2.24, 2.45) is 5.73 Å². The standard InChI is InChI=1S/C10H22N2O3/c1-7(11)8(6-13)12-4-9(14-2)10(5-12)15-3/h7-10,13H,4-6,11H2,1-3H3. The summed E-state index contributed by atoms with van der Waals surface area (Å²) in [6.07, 6.45) is 0.144. The zero-order chi connectivity index (χ0) is 11.4. The molecular formula is C10H22N2O3. The maximum absolute atomic E-state index is 9.27. The lowest BCUT2D eigenvalue weighted by atomic mass is 10.1. The van der Waals surface area contributed by atoms with Gasteiger partial charge in [-0.1, -0.05) is 0 Å². The molecule has 1 saturated heterocycles. The van der Waals surface area contributed by atoms with Crippen LogP contribution in [0.5, 0.6) is 0 Å². The molecule has 0 aromatic rings. The van der Waals surface area contributed by atoms with Crippen LogP contribution in [0.4, 0.5) is 0 Å². The van der Waals surface area contributed by atoms with E-state index in [0.717, 1.165) is 13.1 Å². The van der Waals surface area contributed by atoms with E-state index in [4.69, 9.17) is 15.2 Å². The first-order valence-corrected chi connectivity index (χ1v) is 5.30. The second kappa shape index (κ2) is 5.77. The van der Waals surface area contributed by atoms with Crippen LogP contribution >= 0.6 is 0 Å².